The molecule has 2 aliphatic heterocycles. The van der Waals surface area contributed by atoms with Crippen molar-refractivity contribution in [2.24, 2.45) is 4.40 Å². The van der Waals surface area contributed by atoms with Gasteiger partial charge in [0.15, 0.2) is 0 Å². The number of sulfonamides is 1. The molecule has 0 radical (unpaired) electrons. The highest BCUT2D eigenvalue weighted by Crippen LogP contribution is 2.34. The lowest BCUT2D eigenvalue weighted by atomic mass is 10.1. The molecule has 1 aromatic rings. The van der Waals surface area contributed by atoms with Crippen molar-refractivity contribution >= 4 is 38.3 Å². The smallest absolute Gasteiger partial charge is 0.285 e. The van der Waals surface area contributed by atoms with E-state index in [4.69, 9.17) is 11.6 Å². The largest absolute Gasteiger partial charge is 0.354 e. The molecule has 0 unspecified atom stereocenters. The van der Waals surface area contributed by atoms with Crippen LogP contribution in [0.15, 0.2) is 34.2 Å². The Morgan fingerprint density at radius 1 is 1.12 bits per heavy atom. The number of hydrogen-bond donors (Lipinski definition) is 0. The van der Waals surface area contributed by atoms with Crippen LogP contribution in [0, 0.1) is 0 Å². The van der Waals surface area contributed by atoms with E-state index >= 15 is 0 Å². The average molecular weight is 382 g/mol. The quantitative estimate of drug-likeness (QED) is 0.748. The molecule has 0 spiro atoms. The molecule has 2 heterocycles. The summed E-state index contributed by atoms with van der Waals surface area (Å²) in [6, 6.07) is 6.72. The van der Waals surface area contributed by atoms with E-state index in [-0.39, 0.29) is 10.8 Å². The molecule has 0 N–H and O–H groups in total. The van der Waals surface area contributed by atoms with E-state index in [0.717, 1.165) is 6.42 Å². The van der Waals surface area contributed by atoms with E-state index < -0.39 is 10.0 Å². The SMILES string of the molecule is CC(=O)N1CCCN(C2=NS(=O)(=O)C(c3ccc(Cl)cc3)=C2C)CC1. The molecule has 1 fully saturated rings. The van der Waals surface area contributed by atoms with Crippen LogP contribution in [0.5, 0.6) is 0 Å². The lowest BCUT2D eigenvalue weighted by Gasteiger charge is -2.23. The first kappa shape index (κ1) is 17.9. The summed E-state index contributed by atoms with van der Waals surface area (Å²) in [5.74, 6) is 0.521. The second kappa shape index (κ2) is 6.80. The molecule has 1 amide bonds. The minimum absolute atomic E-state index is 0.0388. The van der Waals surface area contributed by atoms with Crippen molar-refractivity contribution in [1.82, 2.24) is 9.80 Å². The summed E-state index contributed by atoms with van der Waals surface area (Å²) in [7, 11) is -3.74. The predicted molar refractivity (Wildman–Crippen MR) is 98.8 cm³/mol. The van der Waals surface area contributed by atoms with Crippen molar-refractivity contribution < 1.29 is 13.2 Å². The number of amides is 1. The maximum Gasteiger partial charge on any atom is 0.285 e. The highest BCUT2D eigenvalue weighted by molar-refractivity contribution is 8.00. The summed E-state index contributed by atoms with van der Waals surface area (Å²) in [6.45, 7) is 5.82. The first-order chi connectivity index (χ1) is 11.8. The first-order valence-corrected chi connectivity index (χ1v) is 9.94. The Balaban J connectivity index is 1.92. The van der Waals surface area contributed by atoms with E-state index in [9.17, 15) is 13.2 Å². The fourth-order valence-corrected chi connectivity index (χ4v) is 4.84. The Bertz CT molecular complexity index is 860. The molecule has 2 aliphatic rings. The third-order valence-corrected chi connectivity index (χ3v) is 6.21. The van der Waals surface area contributed by atoms with Gasteiger partial charge in [-0.05, 0) is 31.0 Å². The lowest BCUT2D eigenvalue weighted by molar-refractivity contribution is -0.128. The molecule has 0 aromatic heterocycles. The summed E-state index contributed by atoms with van der Waals surface area (Å²) in [5.41, 5.74) is 1.22. The summed E-state index contributed by atoms with van der Waals surface area (Å²) in [5, 5.41) is 0.551. The van der Waals surface area contributed by atoms with Gasteiger partial charge >= 0.3 is 0 Å². The molecule has 0 saturated carbocycles. The number of benzene rings is 1. The molecule has 1 aromatic carbocycles. The second-order valence-electron chi connectivity index (χ2n) is 6.20. The fraction of sp³-hybridized carbons (Fsp3) is 0.412. The Kier molecular flexibility index (Phi) is 4.88. The molecule has 0 aliphatic carbocycles. The summed E-state index contributed by atoms with van der Waals surface area (Å²) < 4.78 is 29.2. The van der Waals surface area contributed by atoms with E-state index in [0.29, 0.717) is 48.2 Å². The van der Waals surface area contributed by atoms with Crippen LogP contribution >= 0.6 is 11.6 Å². The third-order valence-electron chi connectivity index (χ3n) is 4.49. The van der Waals surface area contributed by atoms with Gasteiger partial charge < -0.3 is 9.80 Å². The van der Waals surface area contributed by atoms with Gasteiger partial charge in [-0.15, -0.1) is 4.40 Å². The van der Waals surface area contributed by atoms with Crippen LogP contribution < -0.4 is 0 Å². The second-order valence-corrected chi connectivity index (χ2v) is 8.18. The number of hydrogen-bond acceptors (Lipinski definition) is 4. The van der Waals surface area contributed by atoms with E-state index in [1.807, 2.05) is 4.90 Å². The molecule has 134 valence electrons. The van der Waals surface area contributed by atoms with Gasteiger partial charge in [-0.3, -0.25) is 4.79 Å². The van der Waals surface area contributed by atoms with Crippen molar-refractivity contribution in [1.29, 1.82) is 0 Å². The first-order valence-electron chi connectivity index (χ1n) is 8.12. The van der Waals surface area contributed by atoms with Gasteiger partial charge in [-0.25, -0.2) is 0 Å². The van der Waals surface area contributed by atoms with E-state index in [1.54, 1.807) is 43.0 Å². The number of halogens is 1. The minimum atomic E-state index is -3.74. The van der Waals surface area contributed by atoms with Crippen molar-refractivity contribution in [3.8, 4) is 0 Å². The Morgan fingerprint density at radius 3 is 2.44 bits per heavy atom. The Hall–Kier alpha value is -1.86. The normalized spacial score (nSPS) is 20.5. The Morgan fingerprint density at radius 2 is 1.80 bits per heavy atom. The lowest BCUT2D eigenvalue weighted by Crippen LogP contribution is -2.36. The van der Waals surface area contributed by atoms with Crippen LogP contribution in [-0.2, 0) is 14.8 Å². The number of amidine groups is 1. The average Bonchev–Trinajstić information content (AvgIpc) is 2.72. The fourth-order valence-electron chi connectivity index (χ4n) is 3.23. The van der Waals surface area contributed by atoms with Gasteiger partial charge in [0.05, 0.1) is 0 Å². The van der Waals surface area contributed by atoms with Gasteiger partial charge in [0.25, 0.3) is 10.0 Å². The number of nitrogens with zero attached hydrogens (tertiary/aromatic N) is 3. The molecule has 0 atom stereocenters. The van der Waals surface area contributed by atoms with Crippen LogP contribution in [0.1, 0.15) is 25.8 Å². The number of carbonyl (C=O) groups is 1. The summed E-state index contributed by atoms with van der Waals surface area (Å²) in [6.07, 6.45) is 0.780. The van der Waals surface area contributed by atoms with Gasteiger partial charge in [0, 0.05) is 43.7 Å². The number of rotatable bonds is 1. The van der Waals surface area contributed by atoms with Crippen LogP contribution in [0.4, 0.5) is 0 Å². The molecule has 6 nitrogen and oxygen atoms in total. The maximum absolute atomic E-state index is 12.6. The predicted octanol–water partition coefficient (Wildman–Crippen LogP) is 2.37. The molecular weight excluding hydrogens is 362 g/mol. The Labute approximate surface area is 152 Å². The zero-order chi connectivity index (χ0) is 18.2. The van der Waals surface area contributed by atoms with Gasteiger partial charge in [0.2, 0.25) is 5.91 Å². The van der Waals surface area contributed by atoms with Crippen LogP contribution in [-0.4, -0.2) is 56.1 Å². The zero-order valence-corrected chi connectivity index (χ0v) is 15.8. The van der Waals surface area contributed by atoms with Crippen LogP contribution in [0.2, 0.25) is 5.02 Å². The number of carbonyl (C=O) groups excluding carboxylic acids is 1. The molecule has 0 bridgehead atoms. The monoisotopic (exact) mass is 381 g/mol. The minimum Gasteiger partial charge on any atom is -0.354 e. The highest BCUT2D eigenvalue weighted by Gasteiger charge is 2.34. The van der Waals surface area contributed by atoms with Gasteiger partial charge in [0.1, 0.15) is 10.7 Å². The molecule has 3 rings (SSSR count). The zero-order valence-electron chi connectivity index (χ0n) is 14.2. The maximum atomic E-state index is 12.6. The summed E-state index contributed by atoms with van der Waals surface area (Å²) >= 11 is 5.90. The van der Waals surface area contributed by atoms with E-state index in [1.165, 1.54) is 0 Å². The van der Waals surface area contributed by atoms with E-state index in [2.05, 4.69) is 4.40 Å². The van der Waals surface area contributed by atoms with Crippen molar-refractivity contribution in [3.63, 3.8) is 0 Å². The van der Waals surface area contributed by atoms with Crippen molar-refractivity contribution in [2.75, 3.05) is 26.2 Å². The molecular formula is C17H20ClN3O3S. The highest BCUT2D eigenvalue weighted by atomic mass is 35.5. The summed E-state index contributed by atoms with van der Waals surface area (Å²) in [4.78, 5) is 15.5. The van der Waals surface area contributed by atoms with Crippen LogP contribution in [0.3, 0.4) is 0 Å². The molecule has 25 heavy (non-hydrogen) atoms. The molecule has 8 heteroatoms. The van der Waals surface area contributed by atoms with Gasteiger partial charge in [-0.1, -0.05) is 23.7 Å². The van der Waals surface area contributed by atoms with Crippen molar-refractivity contribution in [3.05, 3.63) is 40.4 Å². The molecule has 1 saturated heterocycles. The van der Waals surface area contributed by atoms with Gasteiger partial charge in [-0.2, -0.15) is 8.42 Å². The topological polar surface area (TPSA) is 70.1 Å². The van der Waals surface area contributed by atoms with Crippen molar-refractivity contribution in [2.45, 2.75) is 20.3 Å². The third kappa shape index (κ3) is 3.57. The van der Waals surface area contributed by atoms with Crippen LogP contribution in [0.25, 0.3) is 4.91 Å². The standard InChI is InChI=1S/C17H20ClN3O3S/c1-12-16(14-4-6-15(18)7-5-14)25(23,24)19-17(12)21-9-3-8-20(10-11-21)13(2)22/h4-7H,3,8-11H2,1-2H3.